The number of aromatic hydroxyl groups is 1. The van der Waals surface area contributed by atoms with E-state index in [1.807, 2.05) is 0 Å². The number of ether oxygens (including phenoxy) is 2. The minimum absolute atomic E-state index is 0.0589. The number of hydrogen-bond acceptors (Lipinski definition) is 4. The molecule has 0 aliphatic carbocycles. The summed E-state index contributed by atoms with van der Waals surface area (Å²) in [6.07, 6.45) is -5.60. The zero-order valence-electron chi connectivity index (χ0n) is 9.91. The Morgan fingerprint density at radius 1 is 1.22 bits per heavy atom. The van der Waals surface area contributed by atoms with Crippen LogP contribution in [-0.4, -0.2) is 25.5 Å². The van der Waals surface area contributed by atoms with Crippen molar-refractivity contribution in [3.63, 3.8) is 0 Å². The van der Waals surface area contributed by atoms with Gasteiger partial charge < -0.3 is 20.3 Å². The number of nitrogens with two attached hydrogens (primary N) is 1. The van der Waals surface area contributed by atoms with Gasteiger partial charge in [0.25, 0.3) is 0 Å². The molecule has 102 valence electrons. The molecule has 0 saturated heterocycles. The zero-order valence-corrected chi connectivity index (χ0v) is 9.91. The molecule has 3 N–H and O–H groups in total. The Bertz CT molecular complexity index is 395. The summed E-state index contributed by atoms with van der Waals surface area (Å²) in [6, 6.07) is 1.05. The molecule has 4 nitrogen and oxygen atoms in total. The van der Waals surface area contributed by atoms with Gasteiger partial charge in [-0.05, 0) is 0 Å². The molecule has 1 rings (SSSR count). The molecule has 0 unspecified atom stereocenters. The van der Waals surface area contributed by atoms with Crippen molar-refractivity contribution in [1.29, 1.82) is 0 Å². The fourth-order valence-corrected chi connectivity index (χ4v) is 1.64. The van der Waals surface area contributed by atoms with Crippen LogP contribution in [0.2, 0.25) is 0 Å². The summed E-state index contributed by atoms with van der Waals surface area (Å²) in [6.45, 7) is 0. The Hall–Kier alpha value is -1.63. The summed E-state index contributed by atoms with van der Waals surface area (Å²) in [4.78, 5) is 0. The van der Waals surface area contributed by atoms with Gasteiger partial charge in [0.2, 0.25) is 0 Å². The Morgan fingerprint density at radius 3 is 2.00 bits per heavy atom. The highest BCUT2D eigenvalue weighted by molar-refractivity contribution is 5.51. The van der Waals surface area contributed by atoms with E-state index < -0.39 is 18.6 Å². The van der Waals surface area contributed by atoms with Crippen LogP contribution in [0.25, 0.3) is 0 Å². The van der Waals surface area contributed by atoms with Crippen molar-refractivity contribution in [2.24, 2.45) is 5.73 Å². The Morgan fingerprint density at radius 2 is 1.67 bits per heavy atom. The van der Waals surface area contributed by atoms with Crippen molar-refractivity contribution >= 4 is 0 Å². The number of phenolic OH excluding ortho intramolecular Hbond substituents is 1. The number of phenols is 1. The second-order valence-corrected chi connectivity index (χ2v) is 3.69. The molecule has 0 spiro atoms. The van der Waals surface area contributed by atoms with Gasteiger partial charge in [-0.15, -0.1) is 0 Å². The lowest BCUT2D eigenvalue weighted by Gasteiger charge is -2.20. The molecule has 0 bridgehead atoms. The van der Waals surface area contributed by atoms with Gasteiger partial charge in [-0.25, -0.2) is 0 Å². The van der Waals surface area contributed by atoms with Crippen molar-refractivity contribution in [2.75, 3.05) is 14.2 Å². The fourth-order valence-electron chi connectivity index (χ4n) is 1.64. The Kier molecular flexibility index (Phi) is 4.28. The van der Waals surface area contributed by atoms with E-state index in [1.54, 1.807) is 0 Å². The number of hydrogen-bond donors (Lipinski definition) is 2. The topological polar surface area (TPSA) is 64.7 Å². The second kappa shape index (κ2) is 5.34. The van der Waals surface area contributed by atoms with Crippen LogP contribution in [0.1, 0.15) is 18.0 Å². The van der Waals surface area contributed by atoms with Gasteiger partial charge in [-0.1, -0.05) is 0 Å². The normalized spacial score (nSPS) is 13.2. The van der Waals surface area contributed by atoms with E-state index in [1.165, 1.54) is 26.4 Å². The van der Waals surface area contributed by atoms with E-state index in [-0.39, 0.29) is 22.8 Å². The highest BCUT2D eigenvalue weighted by Gasteiger charge is 2.33. The third-order valence-electron chi connectivity index (χ3n) is 2.35. The van der Waals surface area contributed by atoms with Gasteiger partial charge in [0.15, 0.2) is 0 Å². The van der Waals surface area contributed by atoms with Crippen LogP contribution in [0.15, 0.2) is 12.1 Å². The van der Waals surface area contributed by atoms with E-state index in [4.69, 9.17) is 15.2 Å². The summed E-state index contributed by atoms with van der Waals surface area (Å²) in [7, 11) is 2.55. The first-order valence-corrected chi connectivity index (χ1v) is 5.05. The Labute approximate surface area is 102 Å². The summed E-state index contributed by atoms with van der Waals surface area (Å²) >= 11 is 0. The molecule has 0 heterocycles. The first kappa shape index (κ1) is 14.4. The molecule has 1 aromatic carbocycles. The molecular weight excluding hydrogens is 251 g/mol. The molecule has 1 atom stereocenters. The molecule has 7 heteroatoms. The third kappa shape index (κ3) is 3.43. The van der Waals surface area contributed by atoms with Gasteiger partial charge in [0, 0.05) is 18.2 Å². The summed E-state index contributed by atoms with van der Waals surface area (Å²) in [5.74, 6) is -0.0566. The molecule has 0 fully saturated rings. The third-order valence-corrected chi connectivity index (χ3v) is 2.35. The number of benzene rings is 1. The van der Waals surface area contributed by atoms with E-state index in [0.29, 0.717) is 0 Å². The van der Waals surface area contributed by atoms with Gasteiger partial charge in [0.05, 0.1) is 26.2 Å². The number of halogens is 3. The molecule has 0 aromatic heterocycles. The first-order chi connectivity index (χ1) is 8.28. The maximum atomic E-state index is 12.3. The molecule has 18 heavy (non-hydrogen) atoms. The standard InChI is InChI=1S/C11H14F3NO3/c1-17-8-3-6(16)4-9(18-2)10(8)7(15)5-11(12,13)14/h3-4,7,16H,5,15H2,1-2H3/t7-/m0/s1. The van der Waals surface area contributed by atoms with Crippen LogP contribution in [0.5, 0.6) is 17.2 Å². The van der Waals surface area contributed by atoms with E-state index in [2.05, 4.69) is 0 Å². The monoisotopic (exact) mass is 265 g/mol. The largest absolute Gasteiger partial charge is 0.508 e. The zero-order chi connectivity index (χ0) is 13.9. The summed E-state index contributed by atoms with van der Waals surface area (Å²) in [5, 5.41) is 9.37. The minimum Gasteiger partial charge on any atom is -0.508 e. The van der Waals surface area contributed by atoms with Gasteiger partial charge in [-0.2, -0.15) is 13.2 Å². The van der Waals surface area contributed by atoms with E-state index in [9.17, 15) is 18.3 Å². The van der Waals surface area contributed by atoms with Gasteiger partial charge >= 0.3 is 6.18 Å². The van der Waals surface area contributed by atoms with Crippen molar-refractivity contribution in [3.8, 4) is 17.2 Å². The Balaban J connectivity index is 3.20. The summed E-state index contributed by atoms with van der Waals surface area (Å²) < 4.78 is 46.8. The van der Waals surface area contributed by atoms with Crippen LogP contribution >= 0.6 is 0 Å². The minimum atomic E-state index is -4.40. The first-order valence-electron chi connectivity index (χ1n) is 5.05. The quantitative estimate of drug-likeness (QED) is 0.877. The van der Waals surface area contributed by atoms with Crippen molar-refractivity contribution < 1.29 is 27.8 Å². The predicted molar refractivity (Wildman–Crippen MR) is 58.8 cm³/mol. The van der Waals surface area contributed by atoms with Gasteiger partial charge in [0.1, 0.15) is 17.2 Å². The average molecular weight is 265 g/mol. The lowest BCUT2D eigenvalue weighted by Crippen LogP contribution is -2.21. The second-order valence-electron chi connectivity index (χ2n) is 3.69. The van der Waals surface area contributed by atoms with Crippen LogP contribution in [0, 0.1) is 0 Å². The van der Waals surface area contributed by atoms with Crippen LogP contribution < -0.4 is 15.2 Å². The van der Waals surface area contributed by atoms with Crippen molar-refractivity contribution in [3.05, 3.63) is 17.7 Å². The lowest BCUT2D eigenvalue weighted by molar-refractivity contribution is -0.138. The number of rotatable bonds is 4. The molecule has 0 aliphatic rings. The van der Waals surface area contributed by atoms with E-state index in [0.717, 1.165) is 0 Å². The summed E-state index contributed by atoms with van der Waals surface area (Å²) in [5.41, 5.74) is 5.60. The molecular formula is C11H14F3NO3. The predicted octanol–water partition coefficient (Wildman–Crippen LogP) is 2.36. The maximum Gasteiger partial charge on any atom is 0.390 e. The fraction of sp³-hybridized carbons (Fsp3) is 0.455. The lowest BCUT2D eigenvalue weighted by atomic mass is 10.0. The highest BCUT2D eigenvalue weighted by atomic mass is 19.4. The average Bonchev–Trinajstić information content (AvgIpc) is 2.24. The molecule has 0 radical (unpaired) electrons. The van der Waals surface area contributed by atoms with Crippen LogP contribution in [-0.2, 0) is 0 Å². The SMILES string of the molecule is COc1cc(O)cc(OC)c1[C@@H](N)CC(F)(F)F. The van der Waals surface area contributed by atoms with E-state index >= 15 is 0 Å². The highest BCUT2D eigenvalue weighted by Crippen LogP contribution is 2.40. The molecule has 0 saturated carbocycles. The van der Waals surface area contributed by atoms with Crippen molar-refractivity contribution in [2.45, 2.75) is 18.6 Å². The van der Waals surface area contributed by atoms with Crippen LogP contribution in [0.4, 0.5) is 13.2 Å². The number of alkyl halides is 3. The smallest absolute Gasteiger partial charge is 0.390 e. The molecule has 1 aromatic rings. The van der Waals surface area contributed by atoms with Gasteiger partial charge in [-0.3, -0.25) is 0 Å². The molecule has 0 aliphatic heterocycles. The van der Waals surface area contributed by atoms with Crippen LogP contribution in [0.3, 0.4) is 0 Å². The van der Waals surface area contributed by atoms with Crippen molar-refractivity contribution in [1.82, 2.24) is 0 Å². The maximum absolute atomic E-state index is 12.3. The number of methoxy groups -OCH3 is 2. The molecule has 0 amide bonds.